The van der Waals surface area contributed by atoms with Crippen molar-refractivity contribution < 1.29 is 13.2 Å². The molecule has 0 atom stereocenters. The van der Waals surface area contributed by atoms with Crippen molar-refractivity contribution in [2.75, 3.05) is 10.0 Å². The van der Waals surface area contributed by atoms with Gasteiger partial charge in [0, 0.05) is 5.56 Å². The lowest BCUT2D eigenvalue weighted by Gasteiger charge is -2.12. The van der Waals surface area contributed by atoms with Crippen LogP contribution < -0.4 is 10.0 Å². The molecule has 2 N–H and O–H groups in total. The summed E-state index contributed by atoms with van der Waals surface area (Å²) in [5, 5.41) is 10.2. The smallest absolute Gasteiger partial charge is 0.291 e. The molecule has 0 radical (unpaired) electrons. The Hall–Kier alpha value is -2.78. The highest BCUT2D eigenvalue weighted by atomic mass is 32.2. The lowest BCUT2D eigenvalue weighted by molar-refractivity contribution is 0.102. The standard InChI is InChI=1S/C19H20N4O3S2/c1-4-14-9-6-8-13(3)16(14)23-28(25,26)19-22-21-18(27-19)20-17(24)15-10-5-7-12(2)11-15/h5-11,23H,4H2,1-3H3,(H,20,21,24). The van der Waals surface area contributed by atoms with Crippen LogP contribution in [0.1, 0.15) is 34.0 Å². The molecule has 1 aromatic heterocycles. The molecular formula is C19H20N4O3S2. The third-order valence-electron chi connectivity index (χ3n) is 4.11. The molecule has 0 aliphatic rings. The Morgan fingerprint density at radius 2 is 1.86 bits per heavy atom. The first kappa shape index (κ1) is 20.0. The van der Waals surface area contributed by atoms with E-state index in [1.807, 2.05) is 45.0 Å². The van der Waals surface area contributed by atoms with Gasteiger partial charge in [-0.1, -0.05) is 54.2 Å². The van der Waals surface area contributed by atoms with Gasteiger partial charge in [-0.3, -0.25) is 14.8 Å². The topological polar surface area (TPSA) is 101 Å². The third-order valence-corrected chi connectivity index (χ3v) is 6.67. The minimum Gasteiger partial charge on any atom is -0.296 e. The van der Waals surface area contributed by atoms with Crippen LogP contribution in [-0.4, -0.2) is 24.5 Å². The predicted molar refractivity (Wildman–Crippen MR) is 110 cm³/mol. The first-order chi connectivity index (χ1) is 13.3. The number of amides is 1. The van der Waals surface area contributed by atoms with Crippen LogP contribution in [0, 0.1) is 13.8 Å². The molecule has 0 aliphatic carbocycles. The predicted octanol–water partition coefficient (Wildman–Crippen LogP) is 3.77. The summed E-state index contributed by atoms with van der Waals surface area (Å²) >= 11 is 0.801. The van der Waals surface area contributed by atoms with Crippen LogP contribution in [0.5, 0.6) is 0 Å². The molecule has 28 heavy (non-hydrogen) atoms. The molecule has 0 bridgehead atoms. The second kappa shape index (κ2) is 8.07. The number of rotatable bonds is 6. The van der Waals surface area contributed by atoms with Gasteiger partial charge in [0.05, 0.1) is 5.69 Å². The number of anilines is 2. The van der Waals surface area contributed by atoms with Crippen molar-refractivity contribution in [2.24, 2.45) is 0 Å². The number of aryl methyl sites for hydroxylation is 3. The number of hydrogen-bond acceptors (Lipinski definition) is 6. The molecule has 0 aliphatic heterocycles. The van der Waals surface area contributed by atoms with Crippen molar-refractivity contribution in [3.8, 4) is 0 Å². The summed E-state index contributed by atoms with van der Waals surface area (Å²) in [6, 6.07) is 12.7. The van der Waals surface area contributed by atoms with Crippen LogP contribution in [0.4, 0.5) is 10.8 Å². The highest BCUT2D eigenvalue weighted by Crippen LogP contribution is 2.27. The van der Waals surface area contributed by atoms with E-state index in [4.69, 9.17) is 0 Å². The minimum atomic E-state index is -3.91. The molecule has 0 fully saturated rings. The fraction of sp³-hybridized carbons (Fsp3) is 0.211. The van der Waals surface area contributed by atoms with E-state index in [-0.39, 0.29) is 15.4 Å². The van der Waals surface area contributed by atoms with Crippen LogP contribution >= 0.6 is 11.3 Å². The van der Waals surface area contributed by atoms with Gasteiger partial charge in [-0.05, 0) is 43.5 Å². The van der Waals surface area contributed by atoms with Crippen molar-refractivity contribution in [2.45, 2.75) is 31.5 Å². The first-order valence-corrected chi connectivity index (χ1v) is 10.9. The Labute approximate surface area is 167 Å². The van der Waals surface area contributed by atoms with Crippen molar-refractivity contribution in [3.05, 3.63) is 64.7 Å². The fourth-order valence-corrected chi connectivity index (χ4v) is 4.74. The van der Waals surface area contributed by atoms with Crippen LogP contribution in [-0.2, 0) is 16.4 Å². The van der Waals surface area contributed by atoms with E-state index in [1.54, 1.807) is 18.2 Å². The van der Waals surface area contributed by atoms with Gasteiger partial charge in [-0.15, -0.1) is 10.2 Å². The molecule has 0 spiro atoms. The minimum absolute atomic E-state index is 0.118. The third kappa shape index (κ3) is 4.37. The zero-order valence-electron chi connectivity index (χ0n) is 15.7. The van der Waals surface area contributed by atoms with Crippen LogP contribution in [0.2, 0.25) is 0 Å². The van der Waals surface area contributed by atoms with E-state index in [9.17, 15) is 13.2 Å². The van der Waals surface area contributed by atoms with E-state index in [1.165, 1.54) is 0 Å². The number of sulfonamides is 1. The average Bonchev–Trinajstić information content (AvgIpc) is 3.13. The highest BCUT2D eigenvalue weighted by molar-refractivity contribution is 7.94. The summed E-state index contributed by atoms with van der Waals surface area (Å²) in [7, 11) is -3.91. The van der Waals surface area contributed by atoms with Crippen LogP contribution in [0.3, 0.4) is 0 Å². The monoisotopic (exact) mass is 416 g/mol. The van der Waals surface area contributed by atoms with Gasteiger partial charge in [-0.25, -0.2) is 0 Å². The maximum absolute atomic E-state index is 12.7. The number of para-hydroxylation sites is 1. The van der Waals surface area contributed by atoms with E-state index in [2.05, 4.69) is 20.2 Å². The maximum atomic E-state index is 12.7. The highest BCUT2D eigenvalue weighted by Gasteiger charge is 2.23. The number of carbonyl (C=O) groups excluding carboxylic acids is 1. The van der Waals surface area contributed by atoms with Gasteiger partial charge in [0.1, 0.15) is 0 Å². The number of nitrogens with zero attached hydrogens (tertiary/aromatic N) is 2. The van der Waals surface area contributed by atoms with E-state index in [0.29, 0.717) is 17.7 Å². The van der Waals surface area contributed by atoms with Crippen molar-refractivity contribution in [1.82, 2.24) is 10.2 Å². The molecule has 0 saturated heterocycles. The first-order valence-electron chi connectivity index (χ1n) is 8.63. The average molecular weight is 417 g/mol. The van der Waals surface area contributed by atoms with Crippen molar-refractivity contribution in [3.63, 3.8) is 0 Å². The molecule has 0 saturated carbocycles. The lowest BCUT2D eigenvalue weighted by Crippen LogP contribution is -2.15. The fourth-order valence-electron chi connectivity index (χ4n) is 2.67. The zero-order valence-corrected chi connectivity index (χ0v) is 17.3. The summed E-state index contributed by atoms with van der Waals surface area (Å²) in [4.78, 5) is 12.3. The molecule has 9 heteroatoms. The van der Waals surface area contributed by atoms with Gasteiger partial charge in [0.25, 0.3) is 20.3 Å². The molecule has 1 heterocycles. The zero-order chi connectivity index (χ0) is 20.3. The maximum Gasteiger partial charge on any atom is 0.291 e. The van der Waals surface area contributed by atoms with Gasteiger partial charge in [0.2, 0.25) is 5.13 Å². The molecule has 7 nitrogen and oxygen atoms in total. The normalized spacial score (nSPS) is 11.2. The molecule has 2 aromatic carbocycles. The molecule has 0 unspecified atom stereocenters. The number of carbonyl (C=O) groups is 1. The Morgan fingerprint density at radius 3 is 2.57 bits per heavy atom. The Morgan fingerprint density at radius 1 is 1.11 bits per heavy atom. The number of nitrogens with one attached hydrogen (secondary N) is 2. The van der Waals surface area contributed by atoms with Crippen molar-refractivity contribution in [1.29, 1.82) is 0 Å². The van der Waals surface area contributed by atoms with Crippen LogP contribution in [0.25, 0.3) is 0 Å². The quantitative estimate of drug-likeness (QED) is 0.596. The van der Waals surface area contributed by atoms with Gasteiger partial charge < -0.3 is 0 Å². The van der Waals surface area contributed by atoms with E-state index >= 15 is 0 Å². The summed E-state index contributed by atoms with van der Waals surface area (Å²) < 4.78 is 27.8. The summed E-state index contributed by atoms with van der Waals surface area (Å²) in [5.74, 6) is -0.371. The Kier molecular flexibility index (Phi) is 5.76. The molecule has 1 amide bonds. The van der Waals surface area contributed by atoms with E-state index in [0.717, 1.165) is 28.0 Å². The van der Waals surface area contributed by atoms with Crippen LogP contribution in [0.15, 0.2) is 46.8 Å². The Bertz CT molecular complexity index is 1120. The molecule has 146 valence electrons. The van der Waals surface area contributed by atoms with Crippen molar-refractivity contribution >= 4 is 38.1 Å². The Balaban J connectivity index is 1.80. The molecular weight excluding hydrogens is 396 g/mol. The van der Waals surface area contributed by atoms with E-state index < -0.39 is 10.0 Å². The second-order valence-corrected chi connectivity index (χ2v) is 9.10. The lowest BCUT2D eigenvalue weighted by atomic mass is 10.1. The second-order valence-electron chi connectivity index (χ2n) is 6.26. The largest absolute Gasteiger partial charge is 0.296 e. The number of aromatic nitrogens is 2. The summed E-state index contributed by atoms with van der Waals surface area (Å²) in [6.45, 7) is 5.68. The van der Waals surface area contributed by atoms with Gasteiger partial charge in [-0.2, -0.15) is 8.42 Å². The summed E-state index contributed by atoms with van der Waals surface area (Å²) in [6.07, 6.45) is 0.688. The molecule has 3 rings (SSSR count). The summed E-state index contributed by atoms with van der Waals surface area (Å²) in [5.41, 5.74) is 3.67. The van der Waals surface area contributed by atoms with Gasteiger partial charge in [0.15, 0.2) is 0 Å². The number of hydrogen-bond donors (Lipinski definition) is 2. The number of benzene rings is 2. The van der Waals surface area contributed by atoms with Gasteiger partial charge >= 0.3 is 0 Å². The molecule has 3 aromatic rings. The SMILES string of the molecule is CCc1cccc(C)c1NS(=O)(=O)c1nnc(NC(=O)c2cccc(C)c2)s1.